The highest BCUT2D eigenvalue weighted by molar-refractivity contribution is 6.30. The summed E-state index contributed by atoms with van der Waals surface area (Å²) in [6, 6.07) is 5.84. The lowest BCUT2D eigenvalue weighted by molar-refractivity contribution is -0.203. The largest absolute Gasteiger partial charge is 0.461 e. The molecule has 0 saturated heterocycles. The molecule has 1 aromatic carbocycles. The monoisotopic (exact) mass is 272 g/mol. The van der Waals surface area contributed by atoms with Gasteiger partial charge >= 0.3 is 17.7 Å². The maximum Gasteiger partial charge on any atom is 0.379 e. The molecule has 98 valence electrons. The van der Waals surface area contributed by atoms with Gasteiger partial charge in [-0.15, -0.1) is 0 Å². The summed E-state index contributed by atoms with van der Waals surface area (Å²) < 4.78 is 9.25. The minimum atomic E-state index is -2.31. The maximum absolute atomic E-state index is 11.6. The van der Waals surface area contributed by atoms with Crippen LogP contribution in [0.1, 0.15) is 24.2 Å². The summed E-state index contributed by atoms with van der Waals surface area (Å²) in [6.45, 7) is 2.70. The van der Waals surface area contributed by atoms with Crippen LogP contribution >= 0.6 is 11.6 Å². The third kappa shape index (κ3) is 3.72. The summed E-state index contributed by atoms with van der Waals surface area (Å²) in [7, 11) is 0. The van der Waals surface area contributed by atoms with E-state index in [9.17, 15) is 14.7 Å². The van der Waals surface area contributed by atoms with Crippen molar-refractivity contribution in [1.29, 1.82) is 0 Å². The zero-order valence-corrected chi connectivity index (χ0v) is 10.7. The fourth-order valence-corrected chi connectivity index (χ4v) is 1.26. The third-order valence-electron chi connectivity index (χ3n) is 2.03. The van der Waals surface area contributed by atoms with Gasteiger partial charge in [-0.05, 0) is 31.2 Å². The van der Waals surface area contributed by atoms with Crippen LogP contribution in [0.2, 0.25) is 5.02 Å². The molecule has 0 aliphatic rings. The Morgan fingerprint density at radius 2 is 1.89 bits per heavy atom. The van der Waals surface area contributed by atoms with Gasteiger partial charge in [0.05, 0.1) is 12.2 Å². The van der Waals surface area contributed by atoms with Gasteiger partial charge in [-0.2, -0.15) is 0 Å². The highest BCUT2D eigenvalue weighted by Crippen LogP contribution is 2.15. The number of carbonyl (C=O) groups is 2. The Hall–Kier alpha value is -1.59. The van der Waals surface area contributed by atoms with Crippen LogP contribution in [0.5, 0.6) is 0 Å². The van der Waals surface area contributed by atoms with Gasteiger partial charge in [0.15, 0.2) is 0 Å². The average Bonchev–Trinajstić information content (AvgIpc) is 2.29. The summed E-state index contributed by atoms with van der Waals surface area (Å²) >= 11 is 5.67. The van der Waals surface area contributed by atoms with Gasteiger partial charge in [0.1, 0.15) is 0 Å². The Labute approximate surface area is 109 Å². The number of benzene rings is 1. The molecule has 1 aromatic rings. The Kier molecular flexibility index (Phi) is 4.69. The number of rotatable bonds is 4. The van der Waals surface area contributed by atoms with Crippen LogP contribution in [0.3, 0.4) is 0 Å². The highest BCUT2D eigenvalue weighted by atomic mass is 35.5. The first-order chi connectivity index (χ1) is 8.36. The quantitative estimate of drug-likeness (QED) is 0.668. The van der Waals surface area contributed by atoms with Crippen LogP contribution < -0.4 is 0 Å². The second kappa shape index (κ2) is 5.84. The molecule has 0 fully saturated rings. The molecule has 0 unspecified atom stereocenters. The zero-order valence-electron chi connectivity index (χ0n) is 9.97. The first kappa shape index (κ1) is 14.5. The number of aliphatic hydroxyl groups is 1. The number of halogens is 1. The van der Waals surface area contributed by atoms with Crippen molar-refractivity contribution in [2.24, 2.45) is 0 Å². The van der Waals surface area contributed by atoms with Crippen molar-refractivity contribution in [2.75, 3.05) is 6.61 Å². The Morgan fingerprint density at radius 1 is 1.33 bits per heavy atom. The minimum Gasteiger partial charge on any atom is -0.461 e. The molecule has 0 spiro atoms. The lowest BCUT2D eigenvalue weighted by Crippen LogP contribution is -2.41. The predicted molar refractivity (Wildman–Crippen MR) is 64.1 cm³/mol. The Balaban J connectivity index is 2.75. The lowest BCUT2D eigenvalue weighted by atomic mass is 10.2. The van der Waals surface area contributed by atoms with Crippen molar-refractivity contribution < 1.29 is 24.2 Å². The topological polar surface area (TPSA) is 72.8 Å². The van der Waals surface area contributed by atoms with Crippen molar-refractivity contribution in [3.8, 4) is 0 Å². The van der Waals surface area contributed by atoms with Crippen molar-refractivity contribution in [3.05, 3.63) is 34.9 Å². The molecule has 1 N–H and O–H groups in total. The van der Waals surface area contributed by atoms with Crippen LogP contribution in [-0.4, -0.2) is 29.4 Å². The normalized spacial score (nSPS) is 13.6. The van der Waals surface area contributed by atoms with Gasteiger partial charge in [0.25, 0.3) is 0 Å². The van der Waals surface area contributed by atoms with Crippen molar-refractivity contribution in [1.82, 2.24) is 0 Å². The lowest BCUT2D eigenvalue weighted by Gasteiger charge is -2.20. The molecule has 0 amide bonds. The van der Waals surface area contributed by atoms with Crippen molar-refractivity contribution in [3.63, 3.8) is 0 Å². The third-order valence-corrected chi connectivity index (χ3v) is 2.28. The average molecular weight is 273 g/mol. The summed E-state index contributed by atoms with van der Waals surface area (Å²) in [5.41, 5.74) is 0.170. The van der Waals surface area contributed by atoms with E-state index in [-0.39, 0.29) is 12.2 Å². The molecule has 0 aliphatic carbocycles. The van der Waals surface area contributed by atoms with E-state index in [0.29, 0.717) is 5.02 Å². The van der Waals surface area contributed by atoms with E-state index in [2.05, 4.69) is 9.47 Å². The molecule has 0 radical (unpaired) electrons. The molecule has 0 saturated carbocycles. The van der Waals surface area contributed by atoms with Gasteiger partial charge in [-0.3, -0.25) is 0 Å². The second-order valence-electron chi connectivity index (χ2n) is 3.60. The van der Waals surface area contributed by atoms with Gasteiger partial charge in [-0.25, -0.2) is 9.59 Å². The fourth-order valence-electron chi connectivity index (χ4n) is 1.13. The summed E-state index contributed by atoms with van der Waals surface area (Å²) in [5.74, 6) is -4.18. The van der Waals surface area contributed by atoms with E-state index in [1.807, 2.05) is 0 Å². The SMILES string of the molecule is CCOC(=O)[C@](C)(O)OC(=O)c1ccc(Cl)cc1. The van der Waals surface area contributed by atoms with Crippen molar-refractivity contribution >= 4 is 23.5 Å². The number of carbonyl (C=O) groups excluding carboxylic acids is 2. The highest BCUT2D eigenvalue weighted by Gasteiger charge is 2.36. The van der Waals surface area contributed by atoms with Gasteiger partial charge in [-0.1, -0.05) is 11.6 Å². The first-order valence-electron chi connectivity index (χ1n) is 5.25. The molecule has 0 heterocycles. The molecule has 5 nitrogen and oxygen atoms in total. The van der Waals surface area contributed by atoms with E-state index < -0.39 is 17.7 Å². The first-order valence-corrected chi connectivity index (χ1v) is 5.63. The molecule has 0 bridgehead atoms. The smallest absolute Gasteiger partial charge is 0.379 e. The van der Waals surface area contributed by atoms with Crippen molar-refractivity contribution in [2.45, 2.75) is 19.6 Å². The maximum atomic E-state index is 11.6. The zero-order chi connectivity index (χ0) is 13.8. The van der Waals surface area contributed by atoms with Crippen LogP contribution in [0.25, 0.3) is 0 Å². The Morgan fingerprint density at radius 3 is 2.39 bits per heavy atom. The number of hydrogen-bond donors (Lipinski definition) is 1. The molecule has 6 heteroatoms. The van der Waals surface area contributed by atoms with E-state index in [1.54, 1.807) is 6.92 Å². The standard InChI is InChI=1S/C12H13ClO5/c1-3-17-11(15)12(2,16)18-10(14)8-4-6-9(13)7-5-8/h4-7,16H,3H2,1-2H3/t12-/m1/s1. The van der Waals surface area contributed by atoms with E-state index in [1.165, 1.54) is 24.3 Å². The number of hydrogen-bond acceptors (Lipinski definition) is 5. The molecule has 18 heavy (non-hydrogen) atoms. The van der Waals surface area contributed by atoms with Gasteiger partial charge in [0, 0.05) is 11.9 Å². The van der Waals surface area contributed by atoms with Crippen LogP contribution in [-0.2, 0) is 14.3 Å². The van der Waals surface area contributed by atoms with Crippen LogP contribution in [0.4, 0.5) is 0 Å². The van der Waals surface area contributed by atoms with E-state index in [0.717, 1.165) is 6.92 Å². The van der Waals surface area contributed by atoms with Crippen LogP contribution in [0.15, 0.2) is 24.3 Å². The van der Waals surface area contributed by atoms with E-state index >= 15 is 0 Å². The second-order valence-corrected chi connectivity index (χ2v) is 4.04. The van der Waals surface area contributed by atoms with E-state index in [4.69, 9.17) is 11.6 Å². The summed E-state index contributed by atoms with van der Waals surface area (Å²) in [4.78, 5) is 23.0. The molecule has 0 aromatic heterocycles. The van der Waals surface area contributed by atoms with Gasteiger partial charge in [0.2, 0.25) is 0 Å². The van der Waals surface area contributed by atoms with Gasteiger partial charge < -0.3 is 14.6 Å². The molecule has 1 rings (SSSR count). The summed E-state index contributed by atoms with van der Waals surface area (Å²) in [6.07, 6.45) is 0. The minimum absolute atomic E-state index is 0.0769. The predicted octanol–water partition coefficient (Wildman–Crippen LogP) is 1.77. The number of ether oxygens (including phenoxy) is 2. The summed E-state index contributed by atoms with van der Waals surface area (Å²) in [5, 5.41) is 10.1. The van der Waals surface area contributed by atoms with Crippen LogP contribution in [0, 0.1) is 0 Å². The molecular weight excluding hydrogens is 260 g/mol. The molecular formula is C12H13ClO5. The molecule has 0 aliphatic heterocycles. The Bertz CT molecular complexity index is 438. The fraction of sp³-hybridized carbons (Fsp3) is 0.333. The molecule has 1 atom stereocenters. The number of esters is 2.